The zero-order valence-corrected chi connectivity index (χ0v) is 18.7. The molecular formula is C22H24N6O3S. The second kappa shape index (κ2) is 8.91. The summed E-state index contributed by atoms with van der Waals surface area (Å²) >= 11 is 0. The van der Waals surface area contributed by atoms with E-state index in [2.05, 4.69) is 25.6 Å². The van der Waals surface area contributed by atoms with Crippen LogP contribution in [0.25, 0.3) is 0 Å². The van der Waals surface area contributed by atoms with Crippen molar-refractivity contribution in [2.24, 2.45) is 0 Å². The Balaban J connectivity index is 1.46. The topological polar surface area (TPSA) is 117 Å². The van der Waals surface area contributed by atoms with Crippen molar-refractivity contribution in [3.63, 3.8) is 0 Å². The van der Waals surface area contributed by atoms with Crippen LogP contribution in [0.4, 0.5) is 23.1 Å². The van der Waals surface area contributed by atoms with Crippen LogP contribution >= 0.6 is 0 Å². The predicted octanol–water partition coefficient (Wildman–Crippen LogP) is 2.68. The molecule has 0 radical (unpaired) electrons. The molecule has 32 heavy (non-hydrogen) atoms. The zero-order valence-electron chi connectivity index (χ0n) is 17.9. The minimum atomic E-state index is -3.40. The number of rotatable bonds is 7. The molecule has 3 aromatic rings. The van der Waals surface area contributed by atoms with Gasteiger partial charge in [-0.25, -0.2) is 23.4 Å². The van der Waals surface area contributed by atoms with Crippen molar-refractivity contribution in [1.82, 2.24) is 15.0 Å². The second-order valence-electron chi connectivity index (χ2n) is 7.63. The van der Waals surface area contributed by atoms with Crippen LogP contribution in [-0.4, -0.2) is 42.6 Å². The number of carbonyl (C=O) groups excluding carboxylic acids is 1. The van der Waals surface area contributed by atoms with Gasteiger partial charge in [-0.2, -0.15) is 0 Å². The fourth-order valence-electron chi connectivity index (χ4n) is 3.51. The molecule has 0 fully saturated rings. The van der Waals surface area contributed by atoms with Gasteiger partial charge in [-0.3, -0.25) is 9.10 Å². The van der Waals surface area contributed by atoms with Crippen LogP contribution < -0.4 is 14.9 Å². The Kier molecular flexibility index (Phi) is 6.04. The summed E-state index contributed by atoms with van der Waals surface area (Å²) in [6.45, 7) is 0. The van der Waals surface area contributed by atoms with Gasteiger partial charge in [0.25, 0.3) is 0 Å². The number of anilines is 4. The highest BCUT2D eigenvalue weighted by atomic mass is 32.2. The van der Waals surface area contributed by atoms with Gasteiger partial charge >= 0.3 is 0 Å². The largest absolute Gasteiger partial charge is 0.326 e. The zero-order chi connectivity index (χ0) is 22.7. The van der Waals surface area contributed by atoms with E-state index in [9.17, 15) is 13.2 Å². The standard InChI is InChI=1S/C22H24N6O3S/c1-28(32(2,30)31)21-15(4-3-12-23-21)5-7-17-11-13-24-22(25-17)26-18-8-9-19-16(14-18)6-10-20(29)27-19/h3-4,8-9,11-14H,5-7,10H2,1-2H3,(H,27,29)(H,24,25,26). The molecule has 0 aliphatic carbocycles. The van der Waals surface area contributed by atoms with E-state index in [0.29, 0.717) is 37.4 Å². The maximum atomic E-state index is 11.9. The molecule has 9 nitrogen and oxygen atoms in total. The molecule has 0 saturated heterocycles. The van der Waals surface area contributed by atoms with Gasteiger partial charge in [0.05, 0.1) is 6.26 Å². The lowest BCUT2D eigenvalue weighted by Crippen LogP contribution is -2.27. The Hall–Kier alpha value is -3.53. The van der Waals surface area contributed by atoms with Gasteiger partial charge in [0, 0.05) is 42.9 Å². The average molecular weight is 453 g/mol. The fraction of sp³-hybridized carbons (Fsp3) is 0.273. The fourth-order valence-corrected chi connectivity index (χ4v) is 3.99. The maximum Gasteiger partial charge on any atom is 0.233 e. The summed E-state index contributed by atoms with van der Waals surface area (Å²) in [6, 6.07) is 11.2. The first kappa shape index (κ1) is 21.7. The smallest absolute Gasteiger partial charge is 0.233 e. The molecule has 0 atom stereocenters. The van der Waals surface area contributed by atoms with Crippen molar-refractivity contribution >= 4 is 39.1 Å². The van der Waals surface area contributed by atoms with Gasteiger partial charge < -0.3 is 10.6 Å². The lowest BCUT2D eigenvalue weighted by atomic mass is 10.0. The molecule has 2 N–H and O–H groups in total. The molecule has 1 amide bonds. The Morgan fingerprint density at radius 3 is 2.75 bits per heavy atom. The molecule has 0 spiro atoms. The third kappa shape index (κ3) is 5.02. The summed E-state index contributed by atoms with van der Waals surface area (Å²) in [5, 5.41) is 6.09. The van der Waals surface area contributed by atoms with Crippen LogP contribution in [0, 0.1) is 0 Å². The number of pyridine rings is 1. The minimum absolute atomic E-state index is 0.0359. The second-order valence-corrected chi connectivity index (χ2v) is 9.65. The number of hydrogen-bond donors (Lipinski definition) is 2. The Labute approximate surface area is 187 Å². The van der Waals surface area contributed by atoms with Crippen molar-refractivity contribution in [3.8, 4) is 0 Å². The first-order valence-electron chi connectivity index (χ1n) is 10.2. The summed E-state index contributed by atoms with van der Waals surface area (Å²) < 4.78 is 25.0. The Morgan fingerprint density at radius 2 is 1.94 bits per heavy atom. The summed E-state index contributed by atoms with van der Waals surface area (Å²) in [4.78, 5) is 24.7. The number of nitrogens with zero attached hydrogens (tertiary/aromatic N) is 4. The summed E-state index contributed by atoms with van der Waals surface area (Å²) in [5.74, 6) is 0.930. The number of carbonyl (C=O) groups is 1. The highest BCUT2D eigenvalue weighted by Crippen LogP contribution is 2.27. The minimum Gasteiger partial charge on any atom is -0.326 e. The first-order chi connectivity index (χ1) is 15.3. The molecule has 0 bridgehead atoms. The average Bonchev–Trinajstić information content (AvgIpc) is 2.77. The Morgan fingerprint density at radius 1 is 1.09 bits per heavy atom. The van der Waals surface area contributed by atoms with E-state index in [-0.39, 0.29) is 5.91 Å². The number of benzene rings is 1. The molecular weight excluding hydrogens is 428 g/mol. The van der Waals surface area contributed by atoms with Crippen LogP contribution in [0.5, 0.6) is 0 Å². The quantitative estimate of drug-likeness (QED) is 0.566. The third-order valence-corrected chi connectivity index (χ3v) is 6.45. The molecule has 1 aromatic carbocycles. The van der Waals surface area contributed by atoms with Crippen molar-refractivity contribution in [2.45, 2.75) is 25.7 Å². The number of aryl methyl sites for hydroxylation is 3. The van der Waals surface area contributed by atoms with Crippen LogP contribution in [0.3, 0.4) is 0 Å². The summed E-state index contributed by atoms with van der Waals surface area (Å²) in [6.07, 6.45) is 6.79. The molecule has 1 aliphatic rings. The first-order valence-corrected chi connectivity index (χ1v) is 12.0. The molecule has 0 saturated carbocycles. The Bertz CT molecular complexity index is 1260. The van der Waals surface area contributed by atoms with Crippen molar-refractivity contribution < 1.29 is 13.2 Å². The summed E-state index contributed by atoms with van der Waals surface area (Å²) in [7, 11) is -1.90. The lowest BCUT2D eigenvalue weighted by molar-refractivity contribution is -0.116. The number of amides is 1. The van der Waals surface area contributed by atoms with Crippen molar-refractivity contribution in [1.29, 1.82) is 0 Å². The van der Waals surface area contributed by atoms with Gasteiger partial charge in [-0.15, -0.1) is 0 Å². The van der Waals surface area contributed by atoms with E-state index in [4.69, 9.17) is 0 Å². The van der Waals surface area contributed by atoms with E-state index < -0.39 is 10.0 Å². The molecule has 2 aromatic heterocycles. The van der Waals surface area contributed by atoms with Crippen LogP contribution in [0.15, 0.2) is 48.8 Å². The number of sulfonamides is 1. The van der Waals surface area contributed by atoms with E-state index in [1.807, 2.05) is 30.3 Å². The van der Waals surface area contributed by atoms with Crippen molar-refractivity contribution in [2.75, 3.05) is 28.2 Å². The maximum absolute atomic E-state index is 11.9. The van der Waals surface area contributed by atoms with E-state index in [0.717, 1.165) is 34.5 Å². The number of aromatic nitrogens is 3. The van der Waals surface area contributed by atoms with Crippen LogP contribution in [-0.2, 0) is 34.1 Å². The molecule has 1 aliphatic heterocycles. The SMILES string of the molecule is CN(c1ncccc1CCc1ccnc(Nc2ccc3c(c2)CCC(=O)N3)n1)S(C)(=O)=O. The van der Waals surface area contributed by atoms with Gasteiger partial charge in [0.1, 0.15) is 5.82 Å². The van der Waals surface area contributed by atoms with E-state index in [1.54, 1.807) is 18.5 Å². The van der Waals surface area contributed by atoms with Gasteiger partial charge in [-0.1, -0.05) is 6.07 Å². The van der Waals surface area contributed by atoms with Crippen LogP contribution in [0.2, 0.25) is 0 Å². The molecule has 166 valence electrons. The summed E-state index contributed by atoms with van der Waals surface area (Å²) in [5.41, 5.74) is 4.41. The van der Waals surface area contributed by atoms with Gasteiger partial charge in [-0.05, 0) is 60.7 Å². The van der Waals surface area contributed by atoms with Gasteiger partial charge in [0.15, 0.2) is 0 Å². The molecule has 3 heterocycles. The number of fused-ring (bicyclic) bond motifs is 1. The predicted molar refractivity (Wildman–Crippen MR) is 124 cm³/mol. The van der Waals surface area contributed by atoms with E-state index >= 15 is 0 Å². The lowest BCUT2D eigenvalue weighted by Gasteiger charge is -2.18. The van der Waals surface area contributed by atoms with Crippen molar-refractivity contribution in [3.05, 3.63) is 65.6 Å². The normalized spacial score (nSPS) is 13.2. The number of hydrogen-bond acceptors (Lipinski definition) is 7. The molecule has 4 rings (SSSR count). The van der Waals surface area contributed by atoms with Crippen LogP contribution in [0.1, 0.15) is 23.2 Å². The highest BCUT2D eigenvalue weighted by Gasteiger charge is 2.17. The van der Waals surface area contributed by atoms with E-state index in [1.165, 1.54) is 11.4 Å². The molecule has 10 heteroatoms. The molecule has 0 unspecified atom stereocenters. The third-order valence-electron chi connectivity index (χ3n) is 5.28. The highest BCUT2D eigenvalue weighted by molar-refractivity contribution is 7.92. The van der Waals surface area contributed by atoms with Gasteiger partial charge in [0.2, 0.25) is 21.9 Å². The number of nitrogens with one attached hydrogen (secondary N) is 2. The monoisotopic (exact) mass is 452 g/mol.